The molecule has 0 saturated heterocycles. The molecule has 2 aromatic rings. The van der Waals surface area contributed by atoms with E-state index in [2.05, 4.69) is 10.3 Å². The van der Waals surface area contributed by atoms with Gasteiger partial charge in [-0.05, 0) is 19.9 Å². The van der Waals surface area contributed by atoms with Gasteiger partial charge in [0, 0.05) is 10.9 Å². The maximum Gasteiger partial charge on any atom is 0.292 e. The lowest BCUT2D eigenvalue weighted by Crippen LogP contribution is -2.02. The minimum Gasteiger partial charge on any atom is -0.373 e. The van der Waals surface area contributed by atoms with Gasteiger partial charge in [0.1, 0.15) is 10.7 Å². The van der Waals surface area contributed by atoms with Crippen molar-refractivity contribution >= 4 is 22.7 Å². The topological polar surface area (TPSA) is 68.1 Å². The first-order valence-corrected chi connectivity index (χ1v) is 6.30. The summed E-state index contributed by atoms with van der Waals surface area (Å²) in [6.07, 6.45) is 0. The summed E-state index contributed by atoms with van der Waals surface area (Å²) < 4.78 is 0. The van der Waals surface area contributed by atoms with E-state index in [-0.39, 0.29) is 10.6 Å². The zero-order valence-electron chi connectivity index (χ0n) is 10.1. The number of aromatic nitrogens is 1. The van der Waals surface area contributed by atoms with Crippen LogP contribution in [0.1, 0.15) is 15.6 Å². The first-order valence-electron chi connectivity index (χ1n) is 5.48. The van der Waals surface area contributed by atoms with Crippen LogP contribution in [0.4, 0.5) is 11.4 Å². The number of hydrogen-bond acceptors (Lipinski definition) is 5. The fourth-order valence-electron chi connectivity index (χ4n) is 1.57. The second kappa shape index (κ2) is 5.14. The summed E-state index contributed by atoms with van der Waals surface area (Å²) in [6.45, 7) is 4.48. The van der Waals surface area contributed by atoms with Gasteiger partial charge in [-0.15, -0.1) is 11.3 Å². The van der Waals surface area contributed by atoms with Crippen LogP contribution >= 0.6 is 11.3 Å². The van der Waals surface area contributed by atoms with Crippen molar-refractivity contribution in [2.45, 2.75) is 20.4 Å². The smallest absolute Gasteiger partial charge is 0.292 e. The molecule has 0 bridgehead atoms. The molecule has 0 atom stereocenters. The number of aryl methyl sites for hydroxylation is 2. The Morgan fingerprint density at radius 1 is 1.39 bits per heavy atom. The van der Waals surface area contributed by atoms with Gasteiger partial charge in [-0.2, -0.15) is 0 Å². The van der Waals surface area contributed by atoms with Crippen LogP contribution in [0.25, 0.3) is 0 Å². The molecule has 0 aliphatic rings. The number of para-hydroxylation sites is 2. The Labute approximate surface area is 109 Å². The van der Waals surface area contributed by atoms with Crippen LogP contribution in [0.3, 0.4) is 0 Å². The van der Waals surface area contributed by atoms with Crippen molar-refractivity contribution in [3.8, 4) is 0 Å². The number of nitro groups is 1. The standard InChI is InChI=1S/C12H13N3O2S/c1-8-9(2)18-12(14-8)7-13-10-5-3-4-6-11(10)15(16)17/h3-6,13H,7H2,1-2H3. The van der Waals surface area contributed by atoms with Crippen molar-refractivity contribution in [3.05, 3.63) is 50.0 Å². The monoisotopic (exact) mass is 263 g/mol. The number of rotatable bonds is 4. The third kappa shape index (κ3) is 2.65. The van der Waals surface area contributed by atoms with Gasteiger partial charge in [-0.1, -0.05) is 12.1 Å². The first-order chi connectivity index (χ1) is 8.58. The highest BCUT2D eigenvalue weighted by atomic mass is 32.1. The van der Waals surface area contributed by atoms with E-state index in [1.807, 2.05) is 13.8 Å². The van der Waals surface area contributed by atoms with Crippen LogP contribution in [0.2, 0.25) is 0 Å². The lowest BCUT2D eigenvalue weighted by molar-refractivity contribution is -0.384. The average Bonchev–Trinajstić information content (AvgIpc) is 2.66. The van der Waals surface area contributed by atoms with Crippen molar-refractivity contribution in [2.24, 2.45) is 0 Å². The van der Waals surface area contributed by atoms with E-state index in [1.165, 1.54) is 10.9 Å². The van der Waals surface area contributed by atoms with Gasteiger partial charge in [0.25, 0.3) is 5.69 Å². The molecule has 5 nitrogen and oxygen atoms in total. The Morgan fingerprint density at radius 3 is 2.72 bits per heavy atom. The fourth-order valence-corrected chi connectivity index (χ4v) is 2.44. The average molecular weight is 263 g/mol. The van der Waals surface area contributed by atoms with Crippen LogP contribution in [0.15, 0.2) is 24.3 Å². The number of nitrogens with one attached hydrogen (secondary N) is 1. The molecule has 94 valence electrons. The molecule has 0 fully saturated rings. The van der Waals surface area contributed by atoms with Crippen LogP contribution in [0, 0.1) is 24.0 Å². The third-order valence-corrected chi connectivity index (χ3v) is 3.68. The number of benzene rings is 1. The van der Waals surface area contributed by atoms with Crippen molar-refractivity contribution < 1.29 is 4.92 Å². The van der Waals surface area contributed by atoms with Crippen molar-refractivity contribution in [1.82, 2.24) is 4.98 Å². The minimum atomic E-state index is -0.388. The Bertz CT molecular complexity index is 561. The summed E-state index contributed by atoms with van der Waals surface area (Å²) in [4.78, 5) is 16.0. The van der Waals surface area contributed by atoms with E-state index in [9.17, 15) is 10.1 Å². The fraction of sp³-hybridized carbons (Fsp3) is 0.250. The molecular formula is C12H13N3O2S. The number of nitro benzene ring substituents is 1. The predicted octanol–water partition coefficient (Wildman–Crippen LogP) is 3.28. The Morgan fingerprint density at radius 2 is 2.11 bits per heavy atom. The quantitative estimate of drug-likeness (QED) is 0.679. The molecule has 6 heteroatoms. The highest BCUT2D eigenvalue weighted by Gasteiger charge is 2.12. The molecule has 0 aliphatic carbocycles. The third-order valence-electron chi connectivity index (χ3n) is 2.60. The largest absolute Gasteiger partial charge is 0.373 e. The van der Waals surface area contributed by atoms with Gasteiger partial charge in [-0.3, -0.25) is 10.1 Å². The molecule has 0 saturated carbocycles. The number of anilines is 1. The van der Waals surface area contributed by atoms with E-state index in [1.54, 1.807) is 29.5 Å². The van der Waals surface area contributed by atoms with Crippen molar-refractivity contribution in [3.63, 3.8) is 0 Å². The summed E-state index contributed by atoms with van der Waals surface area (Å²) in [7, 11) is 0. The summed E-state index contributed by atoms with van der Waals surface area (Å²) in [5, 5.41) is 14.8. The summed E-state index contributed by atoms with van der Waals surface area (Å²) in [6, 6.07) is 6.61. The van der Waals surface area contributed by atoms with Crippen LogP contribution < -0.4 is 5.32 Å². The molecule has 0 radical (unpaired) electrons. The molecule has 0 spiro atoms. The van der Waals surface area contributed by atoms with E-state index in [0.29, 0.717) is 12.2 Å². The highest BCUT2D eigenvalue weighted by Crippen LogP contribution is 2.24. The van der Waals surface area contributed by atoms with Gasteiger partial charge in [0.2, 0.25) is 0 Å². The Balaban J connectivity index is 2.13. The molecule has 1 aromatic carbocycles. The Hall–Kier alpha value is -1.95. The summed E-state index contributed by atoms with van der Waals surface area (Å²) in [5.74, 6) is 0. The lowest BCUT2D eigenvalue weighted by Gasteiger charge is -2.04. The highest BCUT2D eigenvalue weighted by molar-refractivity contribution is 7.11. The minimum absolute atomic E-state index is 0.0856. The van der Waals surface area contributed by atoms with E-state index in [0.717, 1.165) is 10.7 Å². The van der Waals surface area contributed by atoms with E-state index >= 15 is 0 Å². The van der Waals surface area contributed by atoms with Gasteiger partial charge in [0.05, 0.1) is 17.2 Å². The second-order valence-electron chi connectivity index (χ2n) is 3.88. The maximum atomic E-state index is 10.8. The Kier molecular flexibility index (Phi) is 3.57. The van der Waals surface area contributed by atoms with E-state index in [4.69, 9.17) is 0 Å². The zero-order valence-corrected chi connectivity index (χ0v) is 11.0. The van der Waals surface area contributed by atoms with Gasteiger partial charge >= 0.3 is 0 Å². The van der Waals surface area contributed by atoms with Gasteiger partial charge in [0.15, 0.2) is 0 Å². The maximum absolute atomic E-state index is 10.8. The molecule has 2 rings (SSSR count). The van der Waals surface area contributed by atoms with Gasteiger partial charge < -0.3 is 5.32 Å². The predicted molar refractivity (Wildman–Crippen MR) is 72.0 cm³/mol. The summed E-state index contributed by atoms with van der Waals surface area (Å²) in [5.41, 5.74) is 1.62. The van der Waals surface area contributed by atoms with Gasteiger partial charge in [-0.25, -0.2) is 4.98 Å². The molecular weight excluding hydrogens is 250 g/mol. The second-order valence-corrected chi connectivity index (χ2v) is 5.16. The van der Waals surface area contributed by atoms with Crippen LogP contribution in [-0.4, -0.2) is 9.91 Å². The SMILES string of the molecule is Cc1nc(CNc2ccccc2[N+](=O)[O-])sc1C. The van der Waals surface area contributed by atoms with Crippen molar-refractivity contribution in [1.29, 1.82) is 0 Å². The molecule has 18 heavy (non-hydrogen) atoms. The first kappa shape index (κ1) is 12.5. The normalized spacial score (nSPS) is 10.3. The number of thiazole rings is 1. The van der Waals surface area contributed by atoms with Crippen molar-refractivity contribution in [2.75, 3.05) is 5.32 Å². The van der Waals surface area contributed by atoms with E-state index < -0.39 is 0 Å². The molecule has 1 N–H and O–H groups in total. The lowest BCUT2D eigenvalue weighted by atomic mass is 10.2. The van der Waals surface area contributed by atoms with Crippen LogP contribution in [-0.2, 0) is 6.54 Å². The molecule has 0 unspecified atom stereocenters. The zero-order chi connectivity index (χ0) is 13.1. The molecule has 1 aromatic heterocycles. The van der Waals surface area contributed by atoms with Crippen LogP contribution in [0.5, 0.6) is 0 Å². The molecule has 0 aliphatic heterocycles. The molecule has 1 heterocycles. The number of hydrogen-bond donors (Lipinski definition) is 1. The molecule has 0 amide bonds. The summed E-state index contributed by atoms with van der Waals surface area (Å²) >= 11 is 1.60. The number of nitrogens with zero attached hydrogens (tertiary/aromatic N) is 2.